The van der Waals surface area contributed by atoms with Gasteiger partial charge in [-0.3, -0.25) is 0 Å². The number of nitrogens with one attached hydrogen (secondary N) is 1. The minimum Gasteiger partial charge on any atom is -0.353 e. The van der Waals surface area contributed by atoms with E-state index in [-0.39, 0.29) is 12.5 Å². The smallest absolute Gasteiger partial charge is 0.353 e. The average molecular weight is 259 g/mol. The number of aryl methyl sites for hydroxylation is 1. The van der Waals surface area contributed by atoms with Crippen LogP contribution >= 0.6 is 0 Å². The zero-order valence-electron chi connectivity index (χ0n) is 10.2. The molecule has 1 aromatic rings. The molecule has 2 aliphatic rings. The van der Waals surface area contributed by atoms with Crippen molar-refractivity contribution in [2.75, 3.05) is 5.32 Å². The van der Waals surface area contributed by atoms with E-state index in [0.717, 1.165) is 30.7 Å². The van der Waals surface area contributed by atoms with Gasteiger partial charge in [0.2, 0.25) is 5.95 Å². The van der Waals surface area contributed by atoms with Crippen LogP contribution < -0.4 is 5.32 Å². The Morgan fingerprint density at radius 3 is 2.72 bits per heavy atom. The zero-order chi connectivity index (χ0) is 12.9. The van der Waals surface area contributed by atoms with Crippen molar-refractivity contribution in [3.8, 4) is 0 Å². The molecule has 0 saturated heterocycles. The summed E-state index contributed by atoms with van der Waals surface area (Å²) in [5.41, 5.74) is 1.64. The minimum atomic E-state index is -4.20. The molecular weight excluding hydrogens is 243 g/mol. The lowest BCUT2D eigenvalue weighted by Crippen LogP contribution is -2.38. The number of alkyl halides is 3. The largest absolute Gasteiger partial charge is 0.409 e. The third-order valence-corrected chi connectivity index (χ3v) is 3.81. The van der Waals surface area contributed by atoms with Crippen LogP contribution in [0.3, 0.4) is 0 Å². The fourth-order valence-electron chi connectivity index (χ4n) is 3.00. The van der Waals surface area contributed by atoms with Gasteiger partial charge >= 0.3 is 6.18 Å². The van der Waals surface area contributed by atoms with Crippen molar-refractivity contribution in [3.63, 3.8) is 0 Å². The lowest BCUT2D eigenvalue weighted by Gasteiger charge is -2.33. The van der Waals surface area contributed by atoms with Crippen LogP contribution in [0.15, 0.2) is 0 Å². The van der Waals surface area contributed by atoms with E-state index in [1.807, 2.05) is 0 Å². The molecule has 2 atom stereocenters. The number of hydrogen-bond acceptors (Lipinski definition) is 2. The molecule has 3 rings (SSSR count). The Kier molecular flexibility index (Phi) is 2.57. The number of imidazole rings is 1. The average Bonchev–Trinajstić information content (AvgIpc) is 2.64. The number of aromatic nitrogens is 2. The van der Waals surface area contributed by atoms with E-state index in [4.69, 9.17) is 0 Å². The van der Waals surface area contributed by atoms with Crippen molar-refractivity contribution in [2.45, 2.75) is 57.3 Å². The van der Waals surface area contributed by atoms with Crippen LogP contribution in [0.25, 0.3) is 0 Å². The highest BCUT2D eigenvalue weighted by molar-refractivity contribution is 5.39. The molecule has 0 fully saturated rings. The first-order valence-corrected chi connectivity index (χ1v) is 6.40. The van der Waals surface area contributed by atoms with Crippen molar-refractivity contribution in [3.05, 3.63) is 11.4 Å². The summed E-state index contributed by atoms with van der Waals surface area (Å²) in [6.45, 7) is 1.77. The van der Waals surface area contributed by atoms with Crippen LogP contribution in [0.2, 0.25) is 0 Å². The molecule has 1 N–H and O–H groups in total. The number of rotatable bonds is 0. The van der Waals surface area contributed by atoms with Crippen molar-refractivity contribution < 1.29 is 13.2 Å². The monoisotopic (exact) mass is 259 g/mol. The van der Waals surface area contributed by atoms with Crippen molar-refractivity contribution in [2.24, 2.45) is 0 Å². The van der Waals surface area contributed by atoms with Gasteiger partial charge in [0.25, 0.3) is 0 Å². The molecule has 2 unspecified atom stereocenters. The Labute approximate surface area is 103 Å². The Balaban J connectivity index is 2.10. The Hall–Kier alpha value is -1.20. The molecule has 0 spiro atoms. The highest BCUT2D eigenvalue weighted by Crippen LogP contribution is 2.42. The highest BCUT2D eigenvalue weighted by atomic mass is 19.4. The maximum Gasteiger partial charge on any atom is 0.409 e. The standard InChI is InChI=1S/C12H16F3N3/c1-7-6-10(12(13,14)15)18-9-5-3-2-4-8(9)17-11(18)16-7/h7,10H,2-6H2,1H3,(H,16,17). The number of hydrogen-bond donors (Lipinski definition) is 1. The molecule has 1 aliphatic heterocycles. The molecule has 0 saturated carbocycles. The van der Waals surface area contributed by atoms with E-state index in [9.17, 15) is 13.2 Å². The predicted molar refractivity (Wildman–Crippen MR) is 61.7 cm³/mol. The summed E-state index contributed by atoms with van der Waals surface area (Å²) in [6.07, 6.45) is -0.620. The minimum absolute atomic E-state index is 0.0826. The van der Waals surface area contributed by atoms with Crippen molar-refractivity contribution in [1.29, 1.82) is 0 Å². The molecule has 0 radical (unpaired) electrons. The van der Waals surface area contributed by atoms with Crippen LogP contribution in [-0.4, -0.2) is 21.8 Å². The maximum atomic E-state index is 13.2. The first-order valence-electron chi connectivity index (χ1n) is 6.40. The molecule has 1 aliphatic carbocycles. The van der Waals surface area contributed by atoms with Gasteiger partial charge in [-0.05, 0) is 39.0 Å². The summed E-state index contributed by atoms with van der Waals surface area (Å²) in [5, 5.41) is 3.07. The SMILES string of the molecule is CC1CC(C(F)(F)F)n2c(nc3c2CCCC3)N1. The van der Waals surface area contributed by atoms with Crippen LogP contribution in [-0.2, 0) is 12.8 Å². The van der Waals surface area contributed by atoms with Gasteiger partial charge in [-0.25, -0.2) is 4.98 Å². The van der Waals surface area contributed by atoms with Crippen LogP contribution in [0.5, 0.6) is 0 Å². The third kappa shape index (κ3) is 1.78. The fraction of sp³-hybridized carbons (Fsp3) is 0.750. The Bertz CT molecular complexity index is 464. The molecule has 18 heavy (non-hydrogen) atoms. The second kappa shape index (κ2) is 3.90. The lowest BCUT2D eigenvalue weighted by atomic mass is 9.99. The van der Waals surface area contributed by atoms with E-state index in [1.165, 1.54) is 4.57 Å². The number of halogens is 3. The van der Waals surface area contributed by atoms with Gasteiger partial charge < -0.3 is 9.88 Å². The summed E-state index contributed by atoms with van der Waals surface area (Å²) in [4.78, 5) is 4.36. The lowest BCUT2D eigenvalue weighted by molar-refractivity contribution is -0.171. The molecular formula is C12H16F3N3. The molecule has 100 valence electrons. The predicted octanol–water partition coefficient (Wildman–Crippen LogP) is 3.07. The van der Waals surface area contributed by atoms with E-state index in [0.29, 0.717) is 12.4 Å². The van der Waals surface area contributed by atoms with E-state index in [2.05, 4.69) is 10.3 Å². The normalized spacial score (nSPS) is 27.3. The second-order valence-corrected chi connectivity index (χ2v) is 5.24. The summed E-state index contributed by atoms with van der Waals surface area (Å²) in [7, 11) is 0. The van der Waals surface area contributed by atoms with Crippen LogP contribution in [0, 0.1) is 0 Å². The maximum absolute atomic E-state index is 13.2. The zero-order valence-corrected chi connectivity index (χ0v) is 10.2. The Morgan fingerprint density at radius 1 is 1.28 bits per heavy atom. The van der Waals surface area contributed by atoms with Gasteiger partial charge in [0, 0.05) is 11.7 Å². The number of nitrogens with zero attached hydrogens (tertiary/aromatic N) is 2. The molecule has 0 aromatic carbocycles. The summed E-state index contributed by atoms with van der Waals surface area (Å²) >= 11 is 0. The second-order valence-electron chi connectivity index (χ2n) is 5.24. The van der Waals surface area contributed by atoms with Gasteiger partial charge in [0.1, 0.15) is 6.04 Å². The first-order chi connectivity index (χ1) is 8.47. The van der Waals surface area contributed by atoms with Gasteiger partial charge in [-0.2, -0.15) is 13.2 Å². The Morgan fingerprint density at radius 2 is 2.00 bits per heavy atom. The van der Waals surface area contributed by atoms with Crippen molar-refractivity contribution in [1.82, 2.24) is 9.55 Å². The fourth-order valence-corrected chi connectivity index (χ4v) is 3.00. The third-order valence-electron chi connectivity index (χ3n) is 3.81. The van der Waals surface area contributed by atoms with E-state index in [1.54, 1.807) is 6.92 Å². The number of fused-ring (bicyclic) bond motifs is 3. The van der Waals surface area contributed by atoms with Gasteiger partial charge in [-0.15, -0.1) is 0 Å². The van der Waals surface area contributed by atoms with Crippen LogP contribution in [0.1, 0.15) is 43.6 Å². The van der Waals surface area contributed by atoms with Crippen molar-refractivity contribution >= 4 is 5.95 Å². The highest BCUT2D eigenvalue weighted by Gasteiger charge is 2.46. The topological polar surface area (TPSA) is 29.9 Å². The summed E-state index contributed by atoms with van der Waals surface area (Å²) < 4.78 is 40.9. The summed E-state index contributed by atoms with van der Waals surface area (Å²) in [6, 6.07) is -1.61. The van der Waals surface area contributed by atoms with E-state index >= 15 is 0 Å². The quantitative estimate of drug-likeness (QED) is 0.776. The summed E-state index contributed by atoms with van der Waals surface area (Å²) in [5.74, 6) is 0.406. The van der Waals surface area contributed by atoms with E-state index < -0.39 is 12.2 Å². The van der Waals surface area contributed by atoms with Gasteiger partial charge in [-0.1, -0.05) is 0 Å². The molecule has 3 nitrogen and oxygen atoms in total. The van der Waals surface area contributed by atoms with Gasteiger partial charge in [0.15, 0.2) is 0 Å². The molecule has 0 amide bonds. The molecule has 0 bridgehead atoms. The van der Waals surface area contributed by atoms with Gasteiger partial charge in [0.05, 0.1) is 5.69 Å². The van der Waals surface area contributed by atoms with Crippen LogP contribution in [0.4, 0.5) is 19.1 Å². The number of anilines is 1. The molecule has 1 aromatic heterocycles. The molecule has 2 heterocycles. The molecule has 6 heteroatoms. The first kappa shape index (κ1) is 11.9.